The van der Waals surface area contributed by atoms with E-state index in [1.165, 1.54) is 24.5 Å². The zero-order valence-electron chi connectivity index (χ0n) is 9.70. The molecule has 0 spiro atoms. The van der Waals surface area contributed by atoms with Gasteiger partial charge in [0, 0.05) is 11.6 Å². The van der Waals surface area contributed by atoms with Crippen LogP contribution < -0.4 is 4.72 Å². The van der Waals surface area contributed by atoms with E-state index >= 15 is 0 Å². The van der Waals surface area contributed by atoms with Gasteiger partial charge in [-0.05, 0) is 18.2 Å². The Morgan fingerprint density at radius 1 is 1.37 bits per heavy atom. The summed E-state index contributed by atoms with van der Waals surface area (Å²) in [5, 5.41) is 12.1. The molecular weight excluding hydrogens is 268 g/mol. The van der Waals surface area contributed by atoms with Crippen molar-refractivity contribution in [3.05, 3.63) is 42.2 Å². The molecule has 0 radical (unpaired) electrons. The molecule has 0 unspecified atom stereocenters. The summed E-state index contributed by atoms with van der Waals surface area (Å²) in [6.07, 6.45) is 1.26. The minimum absolute atomic E-state index is 0.0558. The van der Waals surface area contributed by atoms with Gasteiger partial charge in [0.25, 0.3) is 10.0 Å². The number of nitrogens with one attached hydrogen (secondary N) is 1. The Bertz CT molecular complexity index is 712. The number of rotatable bonds is 3. The third-order valence-corrected chi connectivity index (χ3v) is 3.49. The Morgan fingerprint density at radius 3 is 2.89 bits per heavy atom. The van der Waals surface area contributed by atoms with Gasteiger partial charge in [0.05, 0.1) is 4.90 Å². The number of benzene rings is 1. The van der Waals surface area contributed by atoms with Gasteiger partial charge in [0.2, 0.25) is 0 Å². The number of nitrogens with zero attached hydrogens (tertiary/aromatic N) is 1. The predicted molar refractivity (Wildman–Crippen MR) is 67.7 cm³/mol. The van der Waals surface area contributed by atoms with E-state index in [-0.39, 0.29) is 17.3 Å². The molecule has 6 nitrogen and oxygen atoms in total. The van der Waals surface area contributed by atoms with Gasteiger partial charge in [-0.1, -0.05) is 23.1 Å². The minimum atomic E-state index is -3.73. The molecule has 1 heterocycles. The fourth-order valence-corrected chi connectivity index (χ4v) is 2.38. The third-order valence-electron chi connectivity index (χ3n) is 2.13. The number of aliphatic hydroxyl groups excluding tert-OH is 1. The van der Waals surface area contributed by atoms with Crippen LogP contribution in [-0.4, -0.2) is 25.3 Å². The van der Waals surface area contributed by atoms with E-state index in [0.717, 1.165) is 0 Å². The Balaban J connectivity index is 2.30. The minimum Gasteiger partial charge on any atom is -0.384 e. The zero-order valence-corrected chi connectivity index (χ0v) is 10.5. The van der Waals surface area contributed by atoms with Crippen molar-refractivity contribution in [3.8, 4) is 11.8 Å². The number of aliphatic hydroxyl groups is 1. The topological polar surface area (TPSA) is 92.4 Å². The second-order valence-corrected chi connectivity index (χ2v) is 5.16. The highest BCUT2D eigenvalue weighted by Crippen LogP contribution is 2.15. The highest BCUT2D eigenvalue weighted by Gasteiger charge is 2.15. The first kappa shape index (κ1) is 13.1. The van der Waals surface area contributed by atoms with Crippen LogP contribution in [0.25, 0.3) is 0 Å². The standard InChI is InChI=1S/C12H10N2O4S/c15-7-2-4-10-3-1-5-11(9-10)19(16,17)14-12-6-8-18-13-12/h1,3,5-6,8-9,15H,7H2,(H,13,14). The second-order valence-electron chi connectivity index (χ2n) is 3.48. The molecule has 0 aliphatic rings. The molecule has 1 aromatic heterocycles. The van der Waals surface area contributed by atoms with E-state index in [9.17, 15) is 8.42 Å². The van der Waals surface area contributed by atoms with Crippen LogP contribution in [0.15, 0.2) is 46.0 Å². The van der Waals surface area contributed by atoms with Crippen LogP contribution >= 0.6 is 0 Å². The van der Waals surface area contributed by atoms with E-state index in [0.29, 0.717) is 5.56 Å². The summed E-state index contributed by atoms with van der Waals surface area (Å²) in [6, 6.07) is 7.46. The molecule has 0 amide bonds. The quantitative estimate of drug-likeness (QED) is 0.811. The largest absolute Gasteiger partial charge is 0.384 e. The van der Waals surface area contributed by atoms with Crippen LogP contribution in [0.1, 0.15) is 5.56 Å². The Hall–Kier alpha value is -2.30. The van der Waals surface area contributed by atoms with Crippen molar-refractivity contribution in [2.45, 2.75) is 4.90 Å². The van der Waals surface area contributed by atoms with Gasteiger partial charge in [0.1, 0.15) is 12.9 Å². The summed E-state index contributed by atoms with van der Waals surface area (Å²) in [6.45, 7) is -0.284. The Kier molecular flexibility index (Phi) is 3.85. The first-order valence-electron chi connectivity index (χ1n) is 5.25. The van der Waals surface area contributed by atoms with Gasteiger partial charge in [0.15, 0.2) is 5.82 Å². The van der Waals surface area contributed by atoms with Gasteiger partial charge in [-0.3, -0.25) is 4.72 Å². The van der Waals surface area contributed by atoms with Crippen molar-refractivity contribution in [1.82, 2.24) is 5.16 Å². The molecule has 0 saturated carbocycles. The van der Waals surface area contributed by atoms with Crippen molar-refractivity contribution in [1.29, 1.82) is 0 Å². The van der Waals surface area contributed by atoms with Crippen LogP contribution in [0.2, 0.25) is 0 Å². The second kappa shape index (κ2) is 5.56. The van der Waals surface area contributed by atoms with Crippen molar-refractivity contribution < 1.29 is 18.0 Å². The maximum absolute atomic E-state index is 12.0. The van der Waals surface area contributed by atoms with Crippen molar-refractivity contribution in [2.75, 3.05) is 11.3 Å². The first-order valence-corrected chi connectivity index (χ1v) is 6.73. The maximum atomic E-state index is 12.0. The molecule has 7 heteroatoms. The van der Waals surface area contributed by atoms with E-state index in [1.54, 1.807) is 12.1 Å². The molecule has 0 saturated heterocycles. The summed E-state index contributed by atoms with van der Waals surface area (Å²) in [5.41, 5.74) is 0.497. The first-order chi connectivity index (χ1) is 9.12. The van der Waals surface area contributed by atoms with Crippen LogP contribution in [0.4, 0.5) is 5.82 Å². The summed E-state index contributed by atoms with van der Waals surface area (Å²) < 4.78 is 30.9. The summed E-state index contributed by atoms with van der Waals surface area (Å²) in [5.74, 6) is 5.19. The number of hydrogen-bond acceptors (Lipinski definition) is 5. The number of anilines is 1. The molecule has 2 aromatic rings. The van der Waals surface area contributed by atoms with Crippen molar-refractivity contribution in [2.24, 2.45) is 0 Å². The summed E-state index contributed by atoms with van der Waals surface area (Å²) >= 11 is 0. The smallest absolute Gasteiger partial charge is 0.263 e. The zero-order chi connectivity index (χ0) is 13.7. The number of hydrogen-bond donors (Lipinski definition) is 2. The van der Waals surface area contributed by atoms with E-state index in [1.807, 2.05) is 0 Å². The van der Waals surface area contributed by atoms with Gasteiger partial charge in [-0.15, -0.1) is 0 Å². The fourth-order valence-electron chi connectivity index (χ4n) is 1.34. The molecule has 0 atom stereocenters. The van der Waals surface area contributed by atoms with Gasteiger partial charge in [-0.25, -0.2) is 8.42 Å². The molecule has 0 bridgehead atoms. The van der Waals surface area contributed by atoms with Crippen molar-refractivity contribution >= 4 is 15.8 Å². The number of sulfonamides is 1. The molecule has 98 valence electrons. The average molecular weight is 278 g/mol. The van der Waals surface area contributed by atoms with Crippen LogP contribution in [0, 0.1) is 11.8 Å². The maximum Gasteiger partial charge on any atom is 0.263 e. The summed E-state index contributed by atoms with van der Waals surface area (Å²) in [7, 11) is -3.73. The Morgan fingerprint density at radius 2 is 2.21 bits per heavy atom. The molecule has 19 heavy (non-hydrogen) atoms. The average Bonchev–Trinajstić information content (AvgIpc) is 2.89. The normalized spacial score (nSPS) is 10.6. The van der Waals surface area contributed by atoms with Crippen LogP contribution in [-0.2, 0) is 10.0 Å². The molecule has 1 aromatic carbocycles. The molecular formula is C12H10N2O4S. The molecule has 2 N–H and O–H groups in total. The van der Waals surface area contributed by atoms with Gasteiger partial charge < -0.3 is 9.63 Å². The van der Waals surface area contributed by atoms with Gasteiger partial charge >= 0.3 is 0 Å². The lowest BCUT2D eigenvalue weighted by Gasteiger charge is -2.04. The monoisotopic (exact) mass is 278 g/mol. The van der Waals surface area contributed by atoms with Gasteiger partial charge in [-0.2, -0.15) is 0 Å². The van der Waals surface area contributed by atoms with Crippen LogP contribution in [0.3, 0.4) is 0 Å². The lowest BCUT2D eigenvalue weighted by molar-refractivity contribution is 0.350. The predicted octanol–water partition coefficient (Wildman–Crippen LogP) is 0.819. The Labute approximate surface area is 110 Å². The fraction of sp³-hybridized carbons (Fsp3) is 0.0833. The SMILES string of the molecule is O=S(=O)(Nc1ccon1)c1cccc(C#CCO)c1. The molecule has 0 fully saturated rings. The van der Waals surface area contributed by atoms with Crippen LogP contribution in [0.5, 0.6) is 0 Å². The highest BCUT2D eigenvalue weighted by molar-refractivity contribution is 7.92. The molecule has 2 rings (SSSR count). The van der Waals surface area contributed by atoms with E-state index in [2.05, 4.69) is 26.2 Å². The molecule has 0 aliphatic heterocycles. The number of aromatic nitrogens is 1. The summed E-state index contributed by atoms with van der Waals surface area (Å²) in [4.78, 5) is 0.0558. The lowest BCUT2D eigenvalue weighted by Crippen LogP contribution is -2.13. The highest BCUT2D eigenvalue weighted by atomic mass is 32.2. The lowest BCUT2D eigenvalue weighted by atomic mass is 10.2. The molecule has 0 aliphatic carbocycles. The third kappa shape index (κ3) is 3.34. The van der Waals surface area contributed by atoms with Crippen molar-refractivity contribution in [3.63, 3.8) is 0 Å². The van der Waals surface area contributed by atoms with E-state index in [4.69, 9.17) is 5.11 Å². The van der Waals surface area contributed by atoms with E-state index < -0.39 is 10.0 Å².